The van der Waals surface area contributed by atoms with E-state index in [0.717, 1.165) is 14.9 Å². The number of ether oxygens (including phenoxy) is 1. The Morgan fingerprint density at radius 1 is 1.39 bits per heavy atom. The zero-order valence-electron chi connectivity index (χ0n) is 9.27. The molecule has 1 N–H and O–H groups in total. The van der Waals surface area contributed by atoms with Crippen LogP contribution in [0, 0.1) is 0 Å². The molecule has 1 aliphatic rings. The van der Waals surface area contributed by atoms with Gasteiger partial charge in [0, 0.05) is 31.7 Å². The molecule has 0 bridgehead atoms. The largest absolute Gasteiger partial charge is 0.484 e. The van der Waals surface area contributed by atoms with Crippen LogP contribution in [0.3, 0.4) is 0 Å². The summed E-state index contributed by atoms with van der Waals surface area (Å²) in [5, 5.41) is 12.8. The molecule has 1 unspecified atom stereocenters. The second-order valence-electron chi connectivity index (χ2n) is 4.21. The first kappa shape index (κ1) is 12.5. The molecule has 0 saturated carbocycles. The average Bonchev–Trinajstić information content (AvgIpc) is 2.77. The molecule has 0 fully saturated rings. The van der Waals surface area contributed by atoms with Crippen LogP contribution in [0.25, 0.3) is 0 Å². The molecule has 0 saturated heterocycles. The number of thiophene rings is 1. The van der Waals surface area contributed by atoms with E-state index in [0.29, 0.717) is 17.2 Å². The van der Waals surface area contributed by atoms with Crippen LogP contribution >= 0.6 is 38.9 Å². The third-order valence-electron chi connectivity index (χ3n) is 2.94. The maximum absolute atomic E-state index is 10.2. The Labute approximate surface area is 122 Å². The molecule has 2 nitrogen and oxygen atoms in total. The summed E-state index contributed by atoms with van der Waals surface area (Å²) in [5.74, 6) is 0.715. The van der Waals surface area contributed by atoms with Gasteiger partial charge in [-0.15, -0.1) is 11.3 Å². The lowest BCUT2D eigenvalue weighted by Gasteiger charge is -2.29. The molecular weight excluding hydrogens is 336 g/mol. The van der Waals surface area contributed by atoms with Crippen molar-refractivity contribution in [1.29, 1.82) is 0 Å². The highest BCUT2D eigenvalue weighted by Crippen LogP contribution is 2.43. The van der Waals surface area contributed by atoms with Gasteiger partial charge in [-0.05, 0) is 40.2 Å². The molecule has 1 aromatic heterocycles. The second kappa shape index (κ2) is 4.85. The van der Waals surface area contributed by atoms with E-state index >= 15 is 0 Å². The van der Waals surface area contributed by atoms with Crippen LogP contribution in [0.4, 0.5) is 0 Å². The summed E-state index contributed by atoms with van der Waals surface area (Å²) in [6.45, 7) is 0. The zero-order chi connectivity index (χ0) is 12.7. The van der Waals surface area contributed by atoms with Crippen molar-refractivity contribution in [2.24, 2.45) is 0 Å². The minimum Gasteiger partial charge on any atom is -0.484 e. The molecule has 2 aromatic rings. The Morgan fingerprint density at radius 3 is 2.94 bits per heavy atom. The lowest BCUT2D eigenvalue weighted by atomic mass is 9.98. The lowest BCUT2D eigenvalue weighted by molar-refractivity contribution is 0.0674. The minimum absolute atomic E-state index is 0.0926. The molecule has 0 amide bonds. The Hall–Kier alpha value is -0.550. The number of aliphatic hydroxyl groups excluding tert-OH is 1. The summed E-state index contributed by atoms with van der Waals surface area (Å²) in [6, 6.07) is 7.39. The molecule has 2 heterocycles. The van der Waals surface area contributed by atoms with Gasteiger partial charge in [-0.1, -0.05) is 11.6 Å². The summed E-state index contributed by atoms with van der Waals surface area (Å²) in [4.78, 5) is 1.11. The van der Waals surface area contributed by atoms with E-state index in [1.54, 1.807) is 23.5 Å². The van der Waals surface area contributed by atoms with Gasteiger partial charge in [0.1, 0.15) is 11.9 Å². The van der Waals surface area contributed by atoms with Gasteiger partial charge in [-0.3, -0.25) is 0 Å². The fourth-order valence-electron chi connectivity index (χ4n) is 2.09. The highest BCUT2D eigenvalue weighted by Gasteiger charge is 2.29. The molecule has 2 atom stereocenters. The van der Waals surface area contributed by atoms with Crippen LogP contribution in [-0.4, -0.2) is 5.11 Å². The third-order valence-corrected chi connectivity index (χ3v) is 4.96. The number of rotatable bonds is 1. The van der Waals surface area contributed by atoms with Crippen molar-refractivity contribution in [3.8, 4) is 5.75 Å². The highest BCUT2D eigenvalue weighted by molar-refractivity contribution is 9.10. The maximum atomic E-state index is 10.2. The molecule has 0 radical (unpaired) electrons. The summed E-state index contributed by atoms with van der Waals surface area (Å²) in [7, 11) is 0. The summed E-state index contributed by atoms with van der Waals surface area (Å²) in [6.07, 6.45) is -0.0661. The van der Waals surface area contributed by atoms with Gasteiger partial charge in [0.05, 0.1) is 6.10 Å². The fourth-order valence-corrected chi connectivity index (χ4v) is 3.76. The average molecular weight is 346 g/mol. The summed E-state index contributed by atoms with van der Waals surface area (Å²) in [5.41, 5.74) is 0.773. The van der Waals surface area contributed by atoms with Crippen LogP contribution < -0.4 is 4.74 Å². The van der Waals surface area contributed by atoms with Gasteiger partial charge in [0.2, 0.25) is 0 Å². The standard InChI is InChI=1S/C13H10BrClO2S/c14-7-3-13(18-6-7)12-5-10(16)9-4-8(15)1-2-11(9)17-12/h1-4,6,10,12,16H,5H2/t10-,12?/m0/s1. The molecule has 18 heavy (non-hydrogen) atoms. The molecule has 1 aliphatic heterocycles. The van der Waals surface area contributed by atoms with Gasteiger partial charge < -0.3 is 9.84 Å². The minimum atomic E-state index is -0.529. The van der Waals surface area contributed by atoms with Crippen LogP contribution in [-0.2, 0) is 0 Å². The molecule has 0 aliphatic carbocycles. The third kappa shape index (κ3) is 2.30. The predicted octanol–water partition coefficient (Wildman–Crippen LogP) is 4.72. The summed E-state index contributed by atoms with van der Waals surface area (Å²) >= 11 is 11.0. The topological polar surface area (TPSA) is 29.5 Å². The zero-order valence-corrected chi connectivity index (χ0v) is 12.4. The molecular formula is C13H10BrClO2S. The van der Waals surface area contributed by atoms with Crippen LogP contribution in [0.1, 0.15) is 29.1 Å². The van der Waals surface area contributed by atoms with Crippen LogP contribution in [0.2, 0.25) is 5.02 Å². The molecule has 3 rings (SSSR count). The molecule has 0 spiro atoms. The predicted molar refractivity (Wildman–Crippen MR) is 76.4 cm³/mol. The quantitative estimate of drug-likeness (QED) is 0.810. The Bertz CT molecular complexity index is 584. The van der Waals surface area contributed by atoms with Crippen LogP contribution in [0.15, 0.2) is 34.1 Å². The fraction of sp³-hybridized carbons (Fsp3) is 0.231. The monoisotopic (exact) mass is 344 g/mol. The van der Waals surface area contributed by atoms with Crippen LogP contribution in [0.5, 0.6) is 5.75 Å². The van der Waals surface area contributed by atoms with Gasteiger partial charge in [-0.2, -0.15) is 0 Å². The number of hydrogen-bond acceptors (Lipinski definition) is 3. The highest BCUT2D eigenvalue weighted by atomic mass is 79.9. The van der Waals surface area contributed by atoms with E-state index in [2.05, 4.69) is 15.9 Å². The lowest BCUT2D eigenvalue weighted by Crippen LogP contribution is -2.18. The molecule has 94 valence electrons. The van der Waals surface area contributed by atoms with Gasteiger partial charge >= 0.3 is 0 Å². The van der Waals surface area contributed by atoms with Crippen molar-refractivity contribution in [1.82, 2.24) is 0 Å². The first-order chi connectivity index (χ1) is 8.63. The van der Waals surface area contributed by atoms with E-state index in [-0.39, 0.29) is 6.10 Å². The van der Waals surface area contributed by atoms with Crippen molar-refractivity contribution in [3.63, 3.8) is 0 Å². The Balaban J connectivity index is 1.94. The first-order valence-electron chi connectivity index (χ1n) is 5.51. The first-order valence-corrected chi connectivity index (χ1v) is 7.56. The van der Waals surface area contributed by atoms with E-state index in [1.165, 1.54) is 0 Å². The maximum Gasteiger partial charge on any atom is 0.136 e. The Morgan fingerprint density at radius 2 is 2.22 bits per heavy atom. The smallest absolute Gasteiger partial charge is 0.136 e. The number of halogens is 2. The van der Waals surface area contributed by atoms with Gasteiger partial charge in [0.15, 0.2) is 0 Å². The molecule has 1 aromatic carbocycles. The van der Waals surface area contributed by atoms with E-state index < -0.39 is 6.10 Å². The van der Waals surface area contributed by atoms with Crippen molar-refractivity contribution >= 4 is 38.9 Å². The number of aliphatic hydroxyl groups is 1. The summed E-state index contributed by atoms with van der Waals surface area (Å²) < 4.78 is 6.97. The van der Waals surface area contributed by atoms with Crippen molar-refractivity contribution in [3.05, 3.63) is 49.6 Å². The molecule has 5 heteroatoms. The SMILES string of the molecule is O[C@H]1CC(c2cc(Br)cs2)Oc2ccc(Cl)cc21. The van der Waals surface area contributed by atoms with E-state index in [9.17, 15) is 5.11 Å². The number of hydrogen-bond donors (Lipinski definition) is 1. The normalized spacial score (nSPS) is 22.4. The second-order valence-corrected chi connectivity index (χ2v) is 6.50. The van der Waals surface area contributed by atoms with Gasteiger partial charge in [-0.25, -0.2) is 0 Å². The number of fused-ring (bicyclic) bond motifs is 1. The van der Waals surface area contributed by atoms with E-state index in [4.69, 9.17) is 16.3 Å². The van der Waals surface area contributed by atoms with Gasteiger partial charge in [0.25, 0.3) is 0 Å². The van der Waals surface area contributed by atoms with Crippen molar-refractivity contribution in [2.75, 3.05) is 0 Å². The van der Waals surface area contributed by atoms with Crippen molar-refractivity contribution in [2.45, 2.75) is 18.6 Å². The number of benzene rings is 1. The van der Waals surface area contributed by atoms with E-state index in [1.807, 2.05) is 17.5 Å². The Kier molecular flexibility index (Phi) is 3.36. The van der Waals surface area contributed by atoms with Crippen molar-refractivity contribution < 1.29 is 9.84 Å².